The van der Waals surface area contributed by atoms with Crippen molar-refractivity contribution >= 4 is 23.6 Å². The highest BCUT2D eigenvalue weighted by Gasteiger charge is 2.48. The summed E-state index contributed by atoms with van der Waals surface area (Å²) in [5.74, 6) is -0.446. The molecule has 0 aliphatic carbocycles. The molecular weight excluding hydrogens is 386 g/mol. The fraction of sp³-hybridized carbons (Fsp3) is 0.273. The molecule has 156 valence electrons. The zero-order chi connectivity index (χ0) is 22.1. The van der Waals surface area contributed by atoms with E-state index in [2.05, 4.69) is 0 Å². The normalized spacial score (nSPS) is 20.6. The summed E-state index contributed by atoms with van der Waals surface area (Å²) in [5.41, 5.74) is -0.198. The van der Waals surface area contributed by atoms with Gasteiger partial charge in [0.1, 0.15) is 17.0 Å². The van der Waals surface area contributed by atoms with Crippen LogP contribution in [0.4, 0.5) is 5.69 Å². The fourth-order valence-electron chi connectivity index (χ4n) is 3.65. The second-order valence-corrected chi connectivity index (χ2v) is 7.34. The molecule has 3 rings (SSSR count). The van der Waals surface area contributed by atoms with Gasteiger partial charge in [-0.1, -0.05) is 36.4 Å². The zero-order valence-corrected chi connectivity index (χ0v) is 17.3. The Morgan fingerprint density at radius 1 is 1.10 bits per heavy atom. The number of hydrogen-bond acceptors (Lipinski definition) is 5. The summed E-state index contributed by atoms with van der Waals surface area (Å²) in [6, 6.07) is 13.8. The van der Waals surface area contributed by atoms with Gasteiger partial charge in [0.05, 0.1) is 17.6 Å². The molecule has 1 saturated heterocycles. The Bertz CT molecular complexity index is 1030. The van der Waals surface area contributed by atoms with Crippen molar-refractivity contribution in [1.82, 2.24) is 9.80 Å². The number of carbonyl (C=O) groups excluding carboxylic acids is 2. The molecule has 1 aliphatic heterocycles. The first kappa shape index (κ1) is 21.0. The minimum Gasteiger partial charge on any atom is -0.496 e. The topological polar surface area (TPSA) is 93.0 Å². The molecule has 1 atom stereocenters. The van der Waals surface area contributed by atoms with Crippen molar-refractivity contribution in [3.8, 4) is 5.75 Å². The number of methoxy groups -OCH3 is 1. The number of likely N-dealkylation sites (N-methyl/N-ethyl adjacent to an activating group) is 2. The molecule has 0 bridgehead atoms. The first-order chi connectivity index (χ1) is 14.2. The summed E-state index contributed by atoms with van der Waals surface area (Å²) >= 11 is 0. The lowest BCUT2D eigenvalue weighted by atomic mass is 9.87. The van der Waals surface area contributed by atoms with E-state index in [1.165, 1.54) is 42.2 Å². The molecule has 1 heterocycles. The SMILES string of the molecule is COc1cccc([N+](=O)[O-])c1C=C1C(=O)N(C)C(C)(Cc2ccccc2)C(=O)N1C. The zero-order valence-electron chi connectivity index (χ0n) is 17.3. The molecule has 8 nitrogen and oxygen atoms in total. The number of nitro groups is 1. The van der Waals surface area contributed by atoms with Crippen LogP contribution in [-0.2, 0) is 16.0 Å². The summed E-state index contributed by atoms with van der Waals surface area (Å²) in [7, 11) is 4.46. The van der Waals surface area contributed by atoms with Crippen molar-refractivity contribution in [2.45, 2.75) is 18.9 Å². The molecular formula is C22H23N3O5. The van der Waals surface area contributed by atoms with Crippen molar-refractivity contribution in [1.29, 1.82) is 0 Å². The predicted molar refractivity (Wildman–Crippen MR) is 112 cm³/mol. The van der Waals surface area contributed by atoms with Gasteiger partial charge in [-0.3, -0.25) is 19.7 Å². The van der Waals surface area contributed by atoms with Gasteiger partial charge in [0.25, 0.3) is 17.5 Å². The molecule has 1 unspecified atom stereocenters. The summed E-state index contributed by atoms with van der Waals surface area (Å²) in [4.78, 5) is 40.1. The van der Waals surface area contributed by atoms with E-state index in [4.69, 9.17) is 4.74 Å². The first-order valence-corrected chi connectivity index (χ1v) is 9.34. The average Bonchev–Trinajstić information content (AvgIpc) is 2.74. The van der Waals surface area contributed by atoms with E-state index in [1.54, 1.807) is 20.0 Å². The van der Waals surface area contributed by atoms with Gasteiger partial charge in [-0.25, -0.2) is 0 Å². The van der Waals surface area contributed by atoms with Crippen LogP contribution in [0.5, 0.6) is 5.75 Å². The quantitative estimate of drug-likeness (QED) is 0.430. The van der Waals surface area contributed by atoms with Gasteiger partial charge in [0, 0.05) is 26.6 Å². The summed E-state index contributed by atoms with van der Waals surface area (Å²) in [6.07, 6.45) is 1.69. The third kappa shape index (κ3) is 3.52. The highest BCUT2D eigenvalue weighted by atomic mass is 16.6. The number of nitrogens with zero attached hydrogens (tertiary/aromatic N) is 3. The minimum atomic E-state index is -1.09. The van der Waals surface area contributed by atoms with Gasteiger partial charge >= 0.3 is 0 Å². The Labute approximate surface area is 174 Å². The maximum atomic E-state index is 13.3. The molecule has 0 saturated carbocycles. The third-order valence-corrected chi connectivity index (χ3v) is 5.52. The molecule has 2 amide bonds. The Balaban J connectivity index is 2.06. The number of rotatable bonds is 5. The molecule has 30 heavy (non-hydrogen) atoms. The lowest BCUT2D eigenvalue weighted by Gasteiger charge is -2.45. The molecule has 2 aromatic rings. The minimum absolute atomic E-state index is 0.0423. The Hall–Kier alpha value is -3.68. The monoisotopic (exact) mass is 409 g/mol. The molecule has 2 aromatic carbocycles. The third-order valence-electron chi connectivity index (χ3n) is 5.52. The Kier molecular flexibility index (Phi) is 5.60. The number of piperazine rings is 1. The maximum absolute atomic E-state index is 13.3. The van der Waals surface area contributed by atoms with Crippen LogP contribution < -0.4 is 4.74 Å². The molecule has 0 aromatic heterocycles. The van der Waals surface area contributed by atoms with Gasteiger partial charge in [0.15, 0.2) is 0 Å². The number of carbonyl (C=O) groups is 2. The number of ether oxygens (including phenoxy) is 1. The van der Waals surface area contributed by atoms with E-state index in [9.17, 15) is 19.7 Å². The highest BCUT2D eigenvalue weighted by molar-refractivity contribution is 6.09. The van der Waals surface area contributed by atoms with Crippen molar-refractivity contribution in [2.24, 2.45) is 0 Å². The largest absolute Gasteiger partial charge is 0.496 e. The molecule has 1 aliphatic rings. The van der Waals surface area contributed by atoms with E-state index >= 15 is 0 Å². The van der Waals surface area contributed by atoms with E-state index in [0.29, 0.717) is 6.42 Å². The van der Waals surface area contributed by atoms with Crippen LogP contribution in [0.3, 0.4) is 0 Å². The average molecular weight is 409 g/mol. The molecule has 8 heteroatoms. The van der Waals surface area contributed by atoms with Crippen LogP contribution in [0.15, 0.2) is 54.2 Å². The van der Waals surface area contributed by atoms with Crippen LogP contribution in [0.25, 0.3) is 6.08 Å². The van der Waals surface area contributed by atoms with E-state index in [1.807, 2.05) is 30.3 Å². The Morgan fingerprint density at radius 3 is 2.37 bits per heavy atom. The standard InChI is InChI=1S/C22H23N3O5/c1-22(14-15-9-6-5-7-10-15)21(27)23(2)18(20(26)24(22)3)13-16-17(25(28)29)11-8-12-19(16)30-4/h5-13H,14H2,1-4H3. The van der Waals surface area contributed by atoms with Gasteiger partial charge < -0.3 is 14.5 Å². The summed E-state index contributed by atoms with van der Waals surface area (Å²) in [6.45, 7) is 1.72. The van der Waals surface area contributed by atoms with Crippen molar-refractivity contribution < 1.29 is 19.2 Å². The van der Waals surface area contributed by atoms with Gasteiger partial charge in [-0.15, -0.1) is 0 Å². The fourth-order valence-corrected chi connectivity index (χ4v) is 3.65. The smallest absolute Gasteiger partial charge is 0.280 e. The number of benzene rings is 2. The van der Waals surface area contributed by atoms with Crippen molar-refractivity contribution in [3.63, 3.8) is 0 Å². The van der Waals surface area contributed by atoms with E-state index < -0.39 is 16.4 Å². The number of hydrogen-bond donors (Lipinski definition) is 0. The first-order valence-electron chi connectivity index (χ1n) is 9.34. The van der Waals surface area contributed by atoms with E-state index in [0.717, 1.165) is 5.56 Å². The van der Waals surface area contributed by atoms with Crippen LogP contribution in [0.1, 0.15) is 18.1 Å². The lowest BCUT2D eigenvalue weighted by Crippen LogP contribution is -2.64. The highest BCUT2D eigenvalue weighted by Crippen LogP contribution is 2.35. The van der Waals surface area contributed by atoms with Crippen LogP contribution in [-0.4, -0.2) is 53.3 Å². The van der Waals surface area contributed by atoms with Crippen molar-refractivity contribution in [2.75, 3.05) is 21.2 Å². The van der Waals surface area contributed by atoms with E-state index in [-0.39, 0.29) is 28.6 Å². The van der Waals surface area contributed by atoms with Crippen LogP contribution in [0, 0.1) is 10.1 Å². The molecule has 0 radical (unpaired) electrons. The molecule has 1 fully saturated rings. The second kappa shape index (κ2) is 7.98. The molecule has 0 spiro atoms. The summed E-state index contributed by atoms with van der Waals surface area (Å²) in [5, 5.41) is 11.5. The van der Waals surface area contributed by atoms with Crippen LogP contribution >= 0.6 is 0 Å². The Morgan fingerprint density at radius 2 is 1.77 bits per heavy atom. The summed E-state index contributed by atoms with van der Waals surface area (Å²) < 4.78 is 5.24. The lowest BCUT2D eigenvalue weighted by molar-refractivity contribution is -0.385. The maximum Gasteiger partial charge on any atom is 0.280 e. The number of nitro benzene ring substituents is 1. The van der Waals surface area contributed by atoms with Gasteiger partial charge in [0.2, 0.25) is 0 Å². The number of amides is 2. The van der Waals surface area contributed by atoms with Gasteiger partial charge in [-0.2, -0.15) is 0 Å². The van der Waals surface area contributed by atoms with Gasteiger partial charge in [-0.05, 0) is 24.6 Å². The second-order valence-electron chi connectivity index (χ2n) is 7.34. The predicted octanol–water partition coefficient (Wildman–Crippen LogP) is 2.88. The molecule has 0 N–H and O–H groups in total. The van der Waals surface area contributed by atoms with Crippen molar-refractivity contribution in [3.05, 3.63) is 75.5 Å². The van der Waals surface area contributed by atoms with Crippen LogP contribution in [0.2, 0.25) is 0 Å².